The Hall–Kier alpha value is -1.06. The van der Waals surface area contributed by atoms with Gasteiger partial charge in [-0.15, -0.1) is 0 Å². The summed E-state index contributed by atoms with van der Waals surface area (Å²) in [4.78, 5) is 2.62. The van der Waals surface area contributed by atoms with E-state index in [1.807, 2.05) is 6.07 Å². The molecule has 0 amide bonds. The Morgan fingerprint density at radius 1 is 1.32 bits per heavy atom. The summed E-state index contributed by atoms with van der Waals surface area (Å²) in [5, 5.41) is 3.53. The van der Waals surface area contributed by atoms with Gasteiger partial charge in [-0.2, -0.15) is 0 Å². The second kappa shape index (κ2) is 5.93. The maximum Gasteiger partial charge on any atom is 0.122 e. The molecule has 2 atom stereocenters. The number of ether oxygens (including phenoxy) is 1. The minimum atomic E-state index is 0.745. The Bertz CT molecular complexity index is 421. The third-order valence-corrected chi connectivity index (χ3v) is 4.52. The van der Waals surface area contributed by atoms with Crippen molar-refractivity contribution >= 4 is 0 Å². The summed E-state index contributed by atoms with van der Waals surface area (Å²) in [6.45, 7) is 7.56. The topological polar surface area (TPSA) is 24.5 Å². The standard InChI is InChI=1S/C16H24N2O/c1-13-5-2-3-7-16(13)19-10-9-18-8-4-6-14-11-17-12-15(14)18/h2-3,5,7,14-15,17H,4,6,8-12H2,1H3. The fourth-order valence-corrected chi connectivity index (χ4v) is 3.43. The van der Waals surface area contributed by atoms with Crippen LogP contribution in [0.5, 0.6) is 5.75 Å². The van der Waals surface area contributed by atoms with Gasteiger partial charge in [-0.1, -0.05) is 18.2 Å². The Morgan fingerprint density at radius 2 is 2.21 bits per heavy atom. The van der Waals surface area contributed by atoms with Crippen LogP contribution in [-0.2, 0) is 0 Å². The first-order valence-corrected chi connectivity index (χ1v) is 7.48. The highest BCUT2D eigenvalue weighted by Crippen LogP contribution is 2.26. The fourth-order valence-electron chi connectivity index (χ4n) is 3.43. The van der Waals surface area contributed by atoms with Gasteiger partial charge in [0.05, 0.1) is 0 Å². The van der Waals surface area contributed by atoms with Crippen molar-refractivity contribution in [3.63, 3.8) is 0 Å². The number of likely N-dealkylation sites (tertiary alicyclic amines) is 1. The number of hydrogen-bond donors (Lipinski definition) is 1. The molecule has 2 heterocycles. The van der Waals surface area contributed by atoms with E-state index in [2.05, 4.69) is 35.3 Å². The van der Waals surface area contributed by atoms with Crippen LogP contribution >= 0.6 is 0 Å². The minimum absolute atomic E-state index is 0.745. The van der Waals surface area contributed by atoms with Crippen LogP contribution in [-0.4, -0.2) is 43.7 Å². The summed E-state index contributed by atoms with van der Waals surface area (Å²) >= 11 is 0. The molecule has 0 aromatic heterocycles. The van der Waals surface area contributed by atoms with Gasteiger partial charge in [-0.05, 0) is 50.4 Å². The van der Waals surface area contributed by atoms with Crippen molar-refractivity contribution in [2.24, 2.45) is 5.92 Å². The lowest BCUT2D eigenvalue weighted by Crippen LogP contribution is -2.46. The van der Waals surface area contributed by atoms with Crippen molar-refractivity contribution in [3.8, 4) is 5.75 Å². The summed E-state index contributed by atoms with van der Waals surface area (Å²) in [5.41, 5.74) is 1.22. The summed E-state index contributed by atoms with van der Waals surface area (Å²) in [6.07, 6.45) is 2.74. The molecule has 1 N–H and O–H groups in total. The van der Waals surface area contributed by atoms with E-state index in [9.17, 15) is 0 Å². The van der Waals surface area contributed by atoms with Gasteiger partial charge in [-0.3, -0.25) is 4.90 Å². The minimum Gasteiger partial charge on any atom is -0.492 e. The summed E-state index contributed by atoms with van der Waals surface area (Å²) < 4.78 is 5.93. The molecule has 2 aliphatic heterocycles. The Balaban J connectivity index is 1.51. The van der Waals surface area contributed by atoms with Crippen LogP contribution in [0.25, 0.3) is 0 Å². The van der Waals surface area contributed by atoms with Crippen LogP contribution in [0, 0.1) is 12.8 Å². The average molecular weight is 260 g/mol. The number of benzene rings is 1. The molecule has 1 aromatic rings. The predicted octanol–water partition coefficient (Wildman–Crippen LogP) is 2.06. The molecular formula is C16H24N2O. The highest BCUT2D eigenvalue weighted by Gasteiger charge is 2.34. The summed E-state index contributed by atoms with van der Waals surface area (Å²) in [7, 11) is 0. The van der Waals surface area contributed by atoms with Crippen LogP contribution in [0.3, 0.4) is 0 Å². The van der Waals surface area contributed by atoms with Crippen molar-refractivity contribution in [2.75, 3.05) is 32.8 Å². The smallest absolute Gasteiger partial charge is 0.122 e. The molecule has 19 heavy (non-hydrogen) atoms. The molecule has 3 rings (SSSR count). The molecule has 1 aromatic carbocycles. The molecule has 2 saturated heterocycles. The first-order valence-electron chi connectivity index (χ1n) is 7.48. The Morgan fingerprint density at radius 3 is 3.11 bits per heavy atom. The molecule has 0 aliphatic carbocycles. The SMILES string of the molecule is Cc1ccccc1OCCN1CCCC2CNCC21. The van der Waals surface area contributed by atoms with Crippen LogP contribution in [0.4, 0.5) is 0 Å². The lowest BCUT2D eigenvalue weighted by Gasteiger charge is -2.36. The van der Waals surface area contributed by atoms with E-state index in [0.29, 0.717) is 0 Å². The molecule has 0 bridgehead atoms. The zero-order valence-electron chi connectivity index (χ0n) is 11.8. The second-order valence-corrected chi connectivity index (χ2v) is 5.78. The highest BCUT2D eigenvalue weighted by molar-refractivity contribution is 5.31. The number of aryl methyl sites for hydroxylation is 1. The predicted molar refractivity (Wildman–Crippen MR) is 77.6 cm³/mol. The van der Waals surface area contributed by atoms with Crippen molar-refractivity contribution in [1.82, 2.24) is 10.2 Å². The van der Waals surface area contributed by atoms with Crippen molar-refractivity contribution in [2.45, 2.75) is 25.8 Å². The third kappa shape index (κ3) is 2.93. The number of hydrogen-bond acceptors (Lipinski definition) is 3. The number of fused-ring (bicyclic) bond motifs is 1. The van der Waals surface area contributed by atoms with E-state index in [1.165, 1.54) is 31.5 Å². The molecule has 0 spiro atoms. The van der Waals surface area contributed by atoms with E-state index in [1.54, 1.807) is 0 Å². The van der Waals surface area contributed by atoms with Gasteiger partial charge < -0.3 is 10.1 Å². The fraction of sp³-hybridized carbons (Fsp3) is 0.625. The zero-order valence-corrected chi connectivity index (χ0v) is 11.8. The molecule has 3 nitrogen and oxygen atoms in total. The first-order chi connectivity index (χ1) is 9.34. The van der Waals surface area contributed by atoms with Crippen molar-refractivity contribution in [3.05, 3.63) is 29.8 Å². The van der Waals surface area contributed by atoms with E-state index >= 15 is 0 Å². The number of piperidine rings is 1. The first kappa shape index (κ1) is 12.9. The Kier molecular flexibility index (Phi) is 4.04. The van der Waals surface area contributed by atoms with Gasteiger partial charge in [0, 0.05) is 19.1 Å². The van der Waals surface area contributed by atoms with E-state index in [4.69, 9.17) is 4.74 Å². The van der Waals surface area contributed by atoms with Crippen molar-refractivity contribution in [1.29, 1.82) is 0 Å². The summed E-state index contributed by atoms with van der Waals surface area (Å²) in [6, 6.07) is 9.01. The van der Waals surface area contributed by atoms with Crippen molar-refractivity contribution < 1.29 is 4.74 Å². The molecule has 2 unspecified atom stereocenters. The molecule has 2 aliphatic rings. The molecule has 3 heteroatoms. The quantitative estimate of drug-likeness (QED) is 0.897. The maximum absolute atomic E-state index is 5.93. The van der Waals surface area contributed by atoms with Gasteiger partial charge in [0.2, 0.25) is 0 Å². The second-order valence-electron chi connectivity index (χ2n) is 5.78. The lowest BCUT2D eigenvalue weighted by molar-refractivity contribution is 0.105. The number of rotatable bonds is 4. The third-order valence-electron chi connectivity index (χ3n) is 4.52. The molecular weight excluding hydrogens is 236 g/mol. The van der Waals surface area contributed by atoms with Crippen LogP contribution in [0.1, 0.15) is 18.4 Å². The normalized spacial score (nSPS) is 27.2. The van der Waals surface area contributed by atoms with Gasteiger partial charge in [-0.25, -0.2) is 0 Å². The zero-order chi connectivity index (χ0) is 13.1. The maximum atomic E-state index is 5.93. The number of nitrogens with zero attached hydrogens (tertiary/aromatic N) is 1. The van der Waals surface area contributed by atoms with Gasteiger partial charge in [0.1, 0.15) is 12.4 Å². The molecule has 2 fully saturated rings. The van der Waals surface area contributed by atoms with Gasteiger partial charge >= 0.3 is 0 Å². The molecule has 0 saturated carbocycles. The summed E-state index contributed by atoms with van der Waals surface area (Å²) in [5.74, 6) is 1.90. The van der Waals surface area contributed by atoms with Crippen LogP contribution in [0.2, 0.25) is 0 Å². The van der Waals surface area contributed by atoms with E-state index < -0.39 is 0 Å². The highest BCUT2D eigenvalue weighted by atomic mass is 16.5. The molecule has 104 valence electrons. The largest absolute Gasteiger partial charge is 0.492 e. The van der Waals surface area contributed by atoms with Crippen LogP contribution < -0.4 is 10.1 Å². The average Bonchev–Trinajstić information content (AvgIpc) is 2.90. The number of nitrogens with one attached hydrogen (secondary N) is 1. The van der Waals surface area contributed by atoms with E-state index in [-0.39, 0.29) is 0 Å². The monoisotopic (exact) mass is 260 g/mol. The van der Waals surface area contributed by atoms with Gasteiger partial charge in [0.25, 0.3) is 0 Å². The van der Waals surface area contributed by atoms with Crippen LogP contribution in [0.15, 0.2) is 24.3 Å². The van der Waals surface area contributed by atoms with Gasteiger partial charge in [0.15, 0.2) is 0 Å². The Labute approximate surface area is 115 Å². The van der Waals surface area contributed by atoms with E-state index in [0.717, 1.165) is 37.4 Å². The molecule has 0 radical (unpaired) electrons. The lowest BCUT2D eigenvalue weighted by atomic mass is 9.92. The number of para-hydroxylation sites is 1.